The number of nitrogens with two attached hydrogens (primary N) is 1. The molecule has 0 aliphatic heterocycles. The maximum atomic E-state index is 12.8. The van der Waals surface area contributed by atoms with Gasteiger partial charge in [0.25, 0.3) is 0 Å². The molecule has 1 heterocycles. The van der Waals surface area contributed by atoms with Crippen molar-refractivity contribution in [2.75, 3.05) is 11.5 Å². The van der Waals surface area contributed by atoms with E-state index in [9.17, 15) is 24.3 Å². The van der Waals surface area contributed by atoms with E-state index in [-0.39, 0.29) is 23.8 Å². The molecule has 186 valence electrons. The number of fused-ring (bicyclic) bond motifs is 1. The van der Waals surface area contributed by atoms with E-state index in [0.717, 1.165) is 16.5 Å². The maximum absolute atomic E-state index is 12.8. The minimum Gasteiger partial charge on any atom is -0.480 e. The van der Waals surface area contributed by atoms with Crippen LogP contribution in [0.2, 0.25) is 0 Å². The minimum atomic E-state index is -1.23. The molecular weight excluding hydrogens is 478 g/mol. The molecule has 1 aromatic heterocycles. The number of nitrogens with one attached hydrogen (secondary N) is 4. The summed E-state index contributed by atoms with van der Waals surface area (Å²) in [5, 5.41) is 18.0. The maximum Gasteiger partial charge on any atom is 0.326 e. The highest BCUT2D eigenvalue weighted by Gasteiger charge is 2.30. The third-order valence-electron chi connectivity index (χ3n) is 5.37. The summed E-state index contributed by atoms with van der Waals surface area (Å²) in [4.78, 5) is 52.5. The molecule has 0 saturated heterocycles. The molecule has 0 spiro atoms. The van der Waals surface area contributed by atoms with Crippen LogP contribution in [-0.4, -0.2) is 69.5 Å². The van der Waals surface area contributed by atoms with Crippen molar-refractivity contribution >= 4 is 59.9 Å². The van der Waals surface area contributed by atoms with Gasteiger partial charge in [-0.2, -0.15) is 25.3 Å². The fourth-order valence-electron chi connectivity index (χ4n) is 3.22. The molecule has 10 nitrogen and oxygen atoms in total. The highest BCUT2D eigenvalue weighted by molar-refractivity contribution is 7.80. The highest BCUT2D eigenvalue weighted by atomic mass is 32.1. The average Bonchev–Trinajstić information content (AvgIpc) is 3.22. The van der Waals surface area contributed by atoms with E-state index in [4.69, 9.17) is 5.73 Å². The van der Waals surface area contributed by atoms with Crippen LogP contribution in [0.1, 0.15) is 19.4 Å². The molecule has 0 aliphatic rings. The third-order valence-corrected chi connectivity index (χ3v) is 6.10. The van der Waals surface area contributed by atoms with Gasteiger partial charge in [-0.25, -0.2) is 4.79 Å². The highest BCUT2D eigenvalue weighted by Crippen LogP contribution is 2.19. The van der Waals surface area contributed by atoms with Gasteiger partial charge in [0.1, 0.15) is 18.1 Å². The topological polar surface area (TPSA) is 166 Å². The van der Waals surface area contributed by atoms with Crippen molar-refractivity contribution in [1.82, 2.24) is 20.9 Å². The smallest absolute Gasteiger partial charge is 0.326 e. The Balaban J connectivity index is 2.05. The number of rotatable bonds is 12. The first-order valence-corrected chi connectivity index (χ1v) is 12.0. The second-order valence-electron chi connectivity index (χ2n) is 8.22. The van der Waals surface area contributed by atoms with E-state index in [0.29, 0.717) is 0 Å². The summed E-state index contributed by atoms with van der Waals surface area (Å²) in [6.45, 7) is 3.55. The number of hydrogen-bond acceptors (Lipinski definition) is 7. The first-order chi connectivity index (χ1) is 16.1. The number of carboxylic acid groups (broad SMARTS) is 1. The molecule has 0 fully saturated rings. The van der Waals surface area contributed by atoms with Gasteiger partial charge in [-0.05, 0) is 17.5 Å². The number of carbonyl (C=O) groups is 4. The molecule has 0 radical (unpaired) electrons. The molecule has 12 heteroatoms. The number of amides is 3. The van der Waals surface area contributed by atoms with Gasteiger partial charge in [0.05, 0.1) is 6.04 Å². The van der Waals surface area contributed by atoms with Crippen molar-refractivity contribution in [3.05, 3.63) is 36.0 Å². The molecule has 0 saturated carbocycles. The van der Waals surface area contributed by atoms with Gasteiger partial charge in [0.2, 0.25) is 17.7 Å². The Morgan fingerprint density at radius 2 is 1.47 bits per heavy atom. The fourth-order valence-corrected chi connectivity index (χ4v) is 3.74. The van der Waals surface area contributed by atoms with E-state index < -0.39 is 47.9 Å². The van der Waals surface area contributed by atoms with Gasteiger partial charge in [-0.1, -0.05) is 32.0 Å². The Bertz CT molecular complexity index is 1030. The lowest BCUT2D eigenvalue weighted by atomic mass is 10.0. The van der Waals surface area contributed by atoms with Crippen LogP contribution in [0, 0.1) is 5.92 Å². The molecule has 2 aromatic rings. The largest absolute Gasteiger partial charge is 0.480 e. The second kappa shape index (κ2) is 12.7. The average molecular weight is 510 g/mol. The minimum absolute atomic E-state index is 0.0262. The molecule has 3 amide bonds. The predicted molar refractivity (Wildman–Crippen MR) is 136 cm³/mol. The molecule has 34 heavy (non-hydrogen) atoms. The van der Waals surface area contributed by atoms with E-state index in [2.05, 4.69) is 46.2 Å². The number of aromatic amines is 1. The quantitative estimate of drug-likeness (QED) is 0.189. The summed E-state index contributed by atoms with van der Waals surface area (Å²) in [5.41, 5.74) is 7.39. The van der Waals surface area contributed by atoms with E-state index in [1.165, 1.54) is 0 Å². The lowest BCUT2D eigenvalue weighted by Crippen LogP contribution is -2.58. The summed E-state index contributed by atoms with van der Waals surface area (Å²) in [6.07, 6.45) is 1.74. The number of carboxylic acids is 1. The molecular formula is C22H31N5O5S2. The molecule has 0 aliphatic carbocycles. The molecule has 4 unspecified atom stereocenters. The predicted octanol–water partition coefficient (Wildman–Crippen LogP) is 0.0923. The number of carbonyl (C=O) groups excluding carboxylic acids is 3. The normalized spacial score (nSPS) is 14.8. The Labute approximate surface area is 208 Å². The van der Waals surface area contributed by atoms with Crippen LogP contribution in [0.5, 0.6) is 0 Å². The van der Waals surface area contributed by atoms with Crippen LogP contribution in [0.4, 0.5) is 0 Å². The van der Waals surface area contributed by atoms with Crippen molar-refractivity contribution in [1.29, 1.82) is 0 Å². The van der Waals surface area contributed by atoms with Crippen LogP contribution < -0.4 is 21.7 Å². The van der Waals surface area contributed by atoms with Gasteiger partial charge in [-0.15, -0.1) is 0 Å². The summed E-state index contributed by atoms with van der Waals surface area (Å²) < 4.78 is 0. The van der Waals surface area contributed by atoms with Crippen LogP contribution >= 0.6 is 25.3 Å². The molecule has 7 N–H and O–H groups in total. The zero-order valence-corrected chi connectivity index (χ0v) is 20.7. The monoisotopic (exact) mass is 509 g/mol. The number of thiol groups is 2. The second-order valence-corrected chi connectivity index (χ2v) is 8.95. The molecule has 4 atom stereocenters. The van der Waals surface area contributed by atoms with Crippen LogP contribution in [0.3, 0.4) is 0 Å². The summed E-state index contributed by atoms with van der Waals surface area (Å²) >= 11 is 8.21. The number of aliphatic carboxylic acids is 1. The van der Waals surface area contributed by atoms with E-state index in [1.54, 1.807) is 20.0 Å². The number of para-hydroxylation sites is 1. The van der Waals surface area contributed by atoms with Gasteiger partial charge in [-0.3, -0.25) is 14.4 Å². The van der Waals surface area contributed by atoms with Crippen molar-refractivity contribution in [3.8, 4) is 0 Å². The van der Waals surface area contributed by atoms with Crippen LogP contribution in [0.15, 0.2) is 30.5 Å². The zero-order valence-electron chi connectivity index (χ0n) is 18.9. The molecule has 1 aromatic carbocycles. The van der Waals surface area contributed by atoms with Crippen LogP contribution in [0.25, 0.3) is 10.9 Å². The van der Waals surface area contributed by atoms with Crippen molar-refractivity contribution in [2.45, 2.75) is 44.4 Å². The summed E-state index contributed by atoms with van der Waals surface area (Å²) in [6, 6.07) is 3.23. The van der Waals surface area contributed by atoms with Gasteiger partial charge < -0.3 is 31.8 Å². The number of hydrogen-bond donors (Lipinski definition) is 8. The van der Waals surface area contributed by atoms with Gasteiger partial charge in [0.15, 0.2) is 0 Å². The van der Waals surface area contributed by atoms with Gasteiger partial charge in [0, 0.05) is 35.0 Å². The first-order valence-electron chi connectivity index (χ1n) is 10.7. The zero-order chi connectivity index (χ0) is 25.4. The standard InChI is InChI=1S/C22H31N5O5S2/c1-11(2)18(23)21(30)27-17(10-34)20(29)26-16(9-33)19(28)25-15(22(31)32)7-12-8-24-14-6-4-3-5-13(12)14/h3-6,8,11,15-18,24,33-34H,7,9-10,23H2,1-2H3,(H,25,28)(H,26,29)(H,27,30)(H,31,32). The Hall–Kier alpha value is -2.70. The van der Waals surface area contributed by atoms with E-state index >= 15 is 0 Å². The molecule has 0 bridgehead atoms. The summed E-state index contributed by atoms with van der Waals surface area (Å²) in [7, 11) is 0. The fraction of sp³-hybridized carbons (Fsp3) is 0.455. The van der Waals surface area contributed by atoms with Gasteiger partial charge >= 0.3 is 5.97 Å². The Kier molecular flexibility index (Phi) is 10.3. The first kappa shape index (κ1) is 27.5. The van der Waals surface area contributed by atoms with E-state index in [1.807, 2.05) is 24.3 Å². The number of aromatic nitrogens is 1. The van der Waals surface area contributed by atoms with Crippen molar-refractivity contribution in [3.63, 3.8) is 0 Å². The number of H-pyrrole nitrogens is 1. The molecule has 2 rings (SSSR count). The summed E-state index contributed by atoms with van der Waals surface area (Å²) in [5.74, 6) is -3.34. The Morgan fingerprint density at radius 1 is 0.941 bits per heavy atom. The third kappa shape index (κ3) is 7.15. The lowest BCUT2D eigenvalue weighted by molar-refractivity contribution is -0.142. The van der Waals surface area contributed by atoms with Crippen molar-refractivity contribution in [2.24, 2.45) is 11.7 Å². The van der Waals surface area contributed by atoms with Crippen molar-refractivity contribution < 1.29 is 24.3 Å². The number of benzene rings is 1. The Morgan fingerprint density at radius 3 is 2.00 bits per heavy atom. The lowest BCUT2D eigenvalue weighted by Gasteiger charge is -2.24. The SMILES string of the molecule is CC(C)C(N)C(=O)NC(CS)C(=O)NC(CS)C(=O)NC(Cc1c[nH]c2ccccc12)C(=O)O. The van der Waals surface area contributed by atoms with Crippen LogP contribution in [-0.2, 0) is 25.6 Å².